The third-order valence-electron chi connectivity index (χ3n) is 2.92. The fourth-order valence-corrected chi connectivity index (χ4v) is 1.83. The summed E-state index contributed by atoms with van der Waals surface area (Å²) in [4.78, 5) is 0. The smallest absolute Gasteiger partial charge is 0.0591 e. The van der Waals surface area contributed by atoms with E-state index in [1.54, 1.807) is 0 Å². The minimum absolute atomic E-state index is 0.498. The highest BCUT2D eigenvalue weighted by atomic mass is 16.3. The normalized spacial score (nSPS) is 13.6. The number of nitrogens with one attached hydrogen (secondary N) is 1. The summed E-state index contributed by atoms with van der Waals surface area (Å²) >= 11 is 0. The topological polar surface area (TPSA) is 32.3 Å². The lowest BCUT2D eigenvalue weighted by Crippen LogP contribution is -2.26. The predicted molar refractivity (Wildman–Crippen MR) is 72.9 cm³/mol. The van der Waals surface area contributed by atoms with Crippen molar-refractivity contribution in [3.05, 3.63) is 35.9 Å². The molecular weight excluding hydrogens is 210 g/mol. The number of aliphatic hydroxyl groups is 1. The van der Waals surface area contributed by atoms with E-state index in [-0.39, 0.29) is 0 Å². The van der Waals surface area contributed by atoms with E-state index in [1.165, 1.54) is 5.56 Å². The van der Waals surface area contributed by atoms with E-state index < -0.39 is 5.60 Å². The van der Waals surface area contributed by atoms with Crippen LogP contribution in [-0.4, -0.2) is 16.7 Å². The second kappa shape index (κ2) is 6.77. The summed E-state index contributed by atoms with van der Waals surface area (Å²) in [5.74, 6) is 0. The van der Waals surface area contributed by atoms with E-state index in [0.29, 0.717) is 6.04 Å². The Morgan fingerprint density at radius 3 is 2.47 bits per heavy atom. The molecule has 1 aromatic rings. The summed E-state index contributed by atoms with van der Waals surface area (Å²) < 4.78 is 0. The van der Waals surface area contributed by atoms with Gasteiger partial charge in [-0.25, -0.2) is 0 Å². The molecule has 0 aliphatic heterocycles. The Hall–Kier alpha value is -0.860. The van der Waals surface area contributed by atoms with Gasteiger partial charge in [-0.2, -0.15) is 0 Å². The highest BCUT2D eigenvalue weighted by Gasteiger charge is 2.12. The summed E-state index contributed by atoms with van der Waals surface area (Å²) in [7, 11) is 0. The van der Waals surface area contributed by atoms with E-state index in [9.17, 15) is 5.11 Å². The van der Waals surface area contributed by atoms with Crippen molar-refractivity contribution in [1.29, 1.82) is 0 Å². The third kappa shape index (κ3) is 7.14. The largest absolute Gasteiger partial charge is 0.390 e. The van der Waals surface area contributed by atoms with Crippen LogP contribution in [0.4, 0.5) is 0 Å². The van der Waals surface area contributed by atoms with Crippen LogP contribution in [-0.2, 0) is 6.54 Å². The van der Waals surface area contributed by atoms with Gasteiger partial charge >= 0.3 is 0 Å². The van der Waals surface area contributed by atoms with Crippen LogP contribution in [0.1, 0.15) is 45.6 Å². The molecule has 0 aliphatic rings. The molecule has 2 heteroatoms. The highest BCUT2D eigenvalue weighted by molar-refractivity contribution is 5.14. The Labute approximate surface area is 105 Å². The van der Waals surface area contributed by atoms with Crippen molar-refractivity contribution in [2.24, 2.45) is 0 Å². The number of rotatable bonds is 7. The van der Waals surface area contributed by atoms with Crippen LogP contribution < -0.4 is 5.32 Å². The number of hydrogen-bond acceptors (Lipinski definition) is 2. The minimum Gasteiger partial charge on any atom is -0.390 e. The number of benzene rings is 1. The zero-order valence-electron chi connectivity index (χ0n) is 11.2. The maximum Gasteiger partial charge on any atom is 0.0591 e. The molecule has 96 valence electrons. The average Bonchev–Trinajstić information content (AvgIpc) is 2.26. The molecule has 0 bridgehead atoms. The molecule has 0 amide bonds. The van der Waals surface area contributed by atoms with Crippen molar-refractivity contribution in [2.75, 3.05) is 0 Å². The van der Waals surface area contributed by atoms with Crippen LogP contribution in [0.2, 0.25) is 0 Å². The molecule has 0 fully saturated rings. The molecule has 1 aromatic carbocycles. The van der Waals surface area contributed by atoms with Crippen molar-refractivity contribution < 1.29 is 5.11 Å². The summed E-state index contributed by atoms with van der Waals surface area (Å²) in [6.07, 6.45) is 3.04. The van der Waals surface area contributed by atoms with Crippen LogP contribution in [0.25, 0.3) is 0 Å². The van der Waals surface area contributed by atoms with Crippen LogP contribution in [0.15, 0.2) is 30.3 Å². The molecule has 17 heavy (non-hydrogen) atoms. The molecule has 0 heterocycles. The maximum atomic E-state index is 9.62. The second-order valence-electron chi connectivity index (χ2n) is 5.47. The lowest BCUT2D eigenvalue weighted by Gasteiger charge is -2.19. The van der Waals surface area contributed by atoms with Gasteiger partial charge in [-0.15, -0.1) is 0 Å². The van der Waals surface area contributed by atoms with Crippen molar-refractivity contribution >= 4 is 0 Å². The highest BCUT2D eigenvalue weighted by Crippen LogP contribution is 2.13. The van der Waals surface area contributed by atoms with Gasteiger partial charge in [-0.3, -0.25) is 0 Å². The first-order valence-electron chi connectivity index (χ1n) is 6.47. The first-order valence-corrected chi connectivity index (χ1v) is 6.47. The Balaban J connectivity index is 2.15. The Morgan fingerprint density at radius 1 is 1.24 bits per heavy atom. The average molecular weight is 235 g/mol. The molecule has 0 spiro atoms. The van der Waals surface area contributed by atoms with E-state index in [2.05, 4.69) is 36.5 Å². The maximum absolute atomic E-state index is 9.62. The summed E-state index contributed by atoms with van der Waals surface area (Å²) in [5, 5.41) is 13.1. The Bertz CT molecular complexity index is 302. The van der Waals surface area contributed by atoms with Gasteiger partial charge in [-0.1, -0.05) is 30.3 Å². The van der Waals surface area contributed by atoms with Gasteiger partial charge in [0.2, 0.25) is 0 Å². The van der Waals surface area contributed by atoms with Gasteiger partial charge in [-0.05, 0) is 45.6 Å². The summed E-state index contributed by atoms with van der Waals surface area (Å²) in [6, 6.07) is 10.9. The van der Waals surface area contributed by atoms with Crippen molar-refractivity contribution in [3.8, 4) is 0 Å². The van der Waals surface area contributed by atoms with Crippen LogP contribution in [0.3, 0.4) is 0 Å². The predicted octanol–water partition coefficient (Wildman–Crippen LogP) is 3.11. The second-order valence-corrected chi connectivity index (χ2v) is 5.47. The van der Waals surface area contributed by atoms with Gasteiger partial charge in [0.25, 0.3) is 0 Å². The summed E-state index contributed by atoms with van der Waals surface area (Å²) in [5.41, 5.74) is 0.793. The monoisotopic (exact) mass is 235 g/mol. The Kier molecular flexibility index (Phi) is 5.66. The minimum atomic E-state index is -0.529. The quantitative estimate of drug-likeness (QED) is 0.761. The van der Waals surface area contributed by atoms with E-state index >= 15 is 0 Å². The molecular formula is C15H25NO. The van der Waals surface area contributed by atoms with Crippen LogP contribution in [0.5, 0.6) is 0 Å². The van der Waals surface area contributed by atoms with Crippen LogP contribution in [0, 0.1) is 0 Å². The molecule has 0 saturated heterocycles. The third-order valence-corrected chi connectivity index (χ3v) is 2.92. The molecule has 0 unspecified atom stereocenters. The van der Waals surface area contributed by atoms with Gasteiger partial charge in [0, 0.05) is 12.6 Å². The first kappa shape index (κ1) is 14.2. The fourth-order valence-electron chi connectivity index (χ4n) is 1.83. The fraction of sp³-hybridized carbons (Fsp3) is 0.600. The van der Waals surface area contributed by atoms with E-state index in [4.69, 9.17) is 0 Å². The zero-order chi connectivity index (χ0) is 12.7. The first-order chi connectivity index (χ1) is 7.97. The lowest BCUT2D eigenvalue weighted by molar-refractivity contribution is 0.0675. The van der Waals surface area contributed by atoms with Gasteiger partial charge in [0.05, 0.1) is 5.60 Å². The van der Waals surface area contributed by atoms with Crippen molar-refractivity contribution in [2.45, 2.75) is 58.2 Å². The van der Waals surface area contributed by atoms with E-state index in [0.717, 1.165) is 25.8 Å². The zero-order valence-corrected chi connectivity index (χ0v) is 11.2. The van der Waals surface area contributed by atoms with Crippen molar-refractivity contribution in [3.63, 3.8) is 0 Å². The molecule has 1 atom stereocenters. The summed E-state index contributed by atoms with van der Waals surface area (Å²) in [6.45, 7) is 6.86. The molecule has 2 N–H and O–H groups in total. The van der Waals surface area contributed by atoms with Gasteiger partial charge < -0.3 is 10.4 Å². The molecule has 0 aliphatic carbocycles. The number of hydrogen-bond donors (Lipinski definition) is 2. The van der Waals surface area contributed by atoms with Gasteiger partial charge in [0.15, 0.2) is 0 Å². The molecule has 0 saturated carbocycles. The lowest BCUT2D eigenvalue weighted by atomic mass is 10.00. The van der Waals surface area contributed by atoms with Crippen LogP contribution >= 0.6 is 0 Å². The SMILES string of the molecule is C[C@H](CCCC(C)(C)O)NCc1ccccc1. The Morgan fingerprint density at radius 2 is 1.88 bits per heavy atom. The standard InChI is InChI=1S/C15H25NO/c1-13(8-7-11-15(2,3)17)16-12-14-9-5-4-6-10-14/h4-6,9-10,13,16-17H,7-8,11-12H2,1-3H3/t13-/m1/s1. The van der Waals surface area contributed by atoms with Gasteiger partial charge in [0.1, 0.15) is 0 Å². The molecule has 1 rings (SSSR count). The van der Waals surface area contributed by atoms with E-state index in [1.807, 2.05) is 19.9 Å². The molecule has 2 nitrogen and oxygen atoms in total. The molecule has 0 aromatic heterocycles. The molecule has 0 radical (unpaired) electrons. The van der Waals surface area contributed by atoms with Crippen molar-refractivity contribution in [1.82, 2.24) is 5.32 Å².